The average Bonchev–Trinajstić information content (AvgIpc) is 2.40. The molecule has 0 bridgehead atoms. The van der Waals surface area contributed by atoms with E-state index in [0.717, 1.165) is 5.56 Å². The van der Waals surface area contributed by atoms with E-state index in [-0.39, 0.29) is 16.7 Å². The molecule has 2 rings (SSSR count). The highest BCUT2D eigenvalue weighted by atomic mass is 32.2. The molecule has 1 aromatic carbocycles. The Kier molecular flexibility index (Phi) is 3.99. The van der Waals surface area contributed by atoms with Crippen LogP contribution in [0.4, 0.5) is 11.6 Å². The fraction of sp³-hybridized carbons (Fsp3) is 0.231. The fourth-order valence-corrected chi connectivity index (χ4v) is 2.63. The van der Waals surface area contributed by atoms with Gasteiger partial charge in [-0.05, 0) is 31.5 Å². The van der Waals surface area contributed by atoms with Gasteiger partial charge in [-0.3, -0.25) is 0 Å². The first-order valence-electron chi connectivity index (χ1n) is 6.10. The molecule has 0 spiro atoms. The van der Waals surface area contributed by atoms with Gasteiger partial charge >= 0.3 is 0 Å². The maximum Gasteiger partial charge on any atom is 0.264 e. The van der Waals surface area contributed by atoms with Crippen LogP contribution >= 0.6 is 0 Å². The number of benzene rings is 1. The lowest BCUT2D eigenvalue weighted by atomic mass is 10.2. The molecule has 8 heteroatoms. The maximum absolute atomic E-state index is 12.3. The highest BCUT2D eigenvalue weighted by Gasteiger charge is 2.17. The van der Waals surface area contributed by atoms with Crippen LogP contribution in [-0.2, 0) is 10.0 Å². The summed E-state index contributed by atoms with van der Waals surface area (Å²) in [6, 6.07) is 6.11. The Labute approximate surface area is 123 Å². The summed E-state index contributed by atoms with van der Waals surface area (Å²) in [7, 11) is -2.36. The second-order valence-corrected chi connectivity index (χ2v) is 6.18. The Morgan fingerprint density at radius 3 is 2.52 bits per heavy atom. The molecule has 0 aliphatic heterocycles. The number of sulfonamides is 1. The molecular weight excluding hydrogens is 292 g/mol. The summed E-state index contributed by atoms with van der Waals surface area (Å²) < 4.78 is 31.9. The zero-order valence-electron chi connectivity index (χ0n) is 11.9. The summed E-state index contributed by atoms with van der Waals surface area (Å²) in [5, 5.41) is 0. The Balaban J connectivity index is 2.37. The second-order valence-electron chi connectivity index (χ2n) is 4.50. The molecule has 1 aromatic heterocycles. The van der Waals surface area contributed by atoms with Crippen LogP contribution in [0.25, 0.3) is 0 Å². The molecule has 1 heterocycles. The summed E-state index contributed by atoms with van der Waals surface area (Å²) in [6.07, 6.45) is 0. The molecule has 112 valence electrons. The Morgan fingerprint density at radius 2 is 1.90 bits per heavy atom. The topological polar surface area (TPSA) is 107 Å². The molecule has 7 nitrogen and oxygen atoms in total. The van der Waals surface area contributed by atoms with Crippen molar-refractivity contribution in [3.05, 3.63) is 35.5 Å². The van der Waals surface area contributed by atoms with Crippen LogP contribution in [0.2, 0.25) is 0 Å². The van der Waals surface area contributed by atoms with Crippen LogP contribution in [0.15, 0.2) is 29.2 Å². The van der Waals surface area contributed by atoms with Gasteiger partial charge in [0.15, 0.2) is 0 Å². The van der Waals surface area contributed by atoms with Crippen molar-refractivity contribution in [2.24, 2.45) is 0 Å². The molecule has 21 heavy (non-hydrogen) atoms. The van der Waals surface area contributed by atoms with Crippen LogP contribution in [0, 0.1) is 13.8 Å². The summed E-state index contributed by atoms with van der Waals surface area (Å²) in [4.78, 5) is 8.02. The number of hydrogen-bond acceptors (Lipinski definition) is 6. The lowest BCUT2D eigenvalue weighted by Gasteiger charge is -2.09. The molecular formula is C13H16N4O3S. The molecule has 0 fully saturated rings. The van der Waals surface area contributed by atoms with Crippen LogP contribution in [0.1, 0.15) is 11.3 Å². The number of aryl methyl sites for hydroxylation is 2. The highest BCUT2D eigenvalue weighted by molar-refractivity contribution is 7.92. The monoisotopic (exact) mass is 308 g/mol. The summed E-state index contributed by atoms with van der Waals surface area (Å²) in [5.41, 5.74) is 7.53. The summed E-state index contributed by atoms with van der Waals surface area (Å²) in [6.45, 7) is 3.51. The zero-order chi connectivity index (χ0) is 15.6. The van der Waals surface area contributed by atoms with Gasteiger partial charge < -0.3 is 10.5 Å². The van der Waals surface area contributed by atoms with Crippen LogP contribution in [0.3, 0.4) is 0 Å². The molecule has 0 atom stereocenters. The Morgan fingerprint density at radius 1 is 1.19 bits per heavy atom. The first-order valence-corrected chi connectivity index (χ1v) is 7.59. The van der Waals surface area contributed by atoms with E-state index >= 15 is 0 Å². The third-order valence-corrected chi connectivity index (χ3v) is 4.15. The molecule has 2 aromatic rings. The molecule has 0 aliphatic rings. The minimum atomic E-state index is -3.80. The number of ether oxygens (including phenoxy) is 1. The van der Waals surface area contributed by atoms with E-state index < -0.39 is 10.0 Å². The maximum atomic E-state index is 12.3. The van der Waals surface area contributed by atoms with Crippen LogP contribution in [-0.4, -0.2) is 25.5 Å². The lowest BCUT2D eigenvalue weighted by Crippen LogP contribution is -2.16. The minimum Gasteiger partial charge on any atom is -0.481 e. The van der Waals surface area contributed by atoms with Crippen LogP contribution in [0.5, 0.6) is 5.88 Å². The quantitative estimate of drug-likeness (QED) is 0.829. The number of nitrogens with one attached hydrogen (secondary N) is 1. The van der Waals surface area contributed by atoms with Gasteiger partial charge in [-0.25, -0.2) is 18.1 Å². The molecule has 0 aliphatic carbocycles. The van der Waals surface area contributed by atoms with E-state index in [1.807, 2.05) is 0 Å². The zero-order valence-corrected chi connectivity index (χ0v) is 12.7. The van der Waals surface area contributed by atoms with Crippen molar-refractivity contribution in [1.82, 2.24) is 9.97 Å². The normalized spacial score (nSPS) is 11.2. The number of anilines is 2. The number of nitrogens with zero attached hydrogens (tertiary/aromatic N) is 2. The van der Waals surface area contributed by atoms with Gasteiger partial charge in [-0.15, -0.1) is 0 Å². The van der Waals surface area contributed by atoms with Gasteiger partial charge in [0.05, 0.1) is 12.0 Å². The Bertz CT molecular complexity index is 775. The fourth-order valence-electron chi connectivity index (χ4n) is 1.65. The van der Waals surface area contributed by atoms with E-state index in [0.29, 0.717) is 11.4 Å². The van der Waals surface area contributed by atoms with E-state index in [1.54, 1.807) is 26.0 Å². The van der Waals surface area contributed by atoms with Crippen molar-refractivity contribution >= 4 is 21.7 Å². The van der Waals surface area contributed by atoms with Gasteiger partial charge in [-0.2, -0.15) is 4.98 Å². The third-order valence-electron chi connectivity index (χ3n) is 2.83. The number of hydrogen-bond donors (Lipinski definition) is 2. The second kappa shape index (κ2) is 5.57. The van der Waals surface area contributed by atoms with E-state index in [2.05, 4.69) is 14.7 Å². The predicted molar refractivity (Wildman–Crippen MR) is 79.7 cm³/mol. The van der Waals surface area contributed by atoms with Gasteiger partial charge in [0.25, 0.3) is 10.0 Å². The van der Waals surface area contributed by atoms with Crippen molar-refractivity contribution in [3.63, 3.8) is 0 Å². The minimum absolute atomic E-state index is 0.0500. The number of nitrogen functional groups attached to an aromatic ring is 1. The van der Waals surface area contributed by atoms with E-state index in [4.69, 9.17) is 10.5 Å². The number of nitrogens with two attached hydrogens (primary N) is 1. The van der Waals surface area contributed by atoms with Crippen molar-refractivity contribution in [2.75, 3.05) is 17.6 Å². The molecule has 0 saturated carbocycles. The summed E-state index contributed by atoms with van der Waals surface area (Å²) in [5.74, 6) is 0.231. The molecule has 0 saturated heterocycles. The van der Waals surface area contributed by atoms with E-state index in [9.17, 15) is 8.42 Å². The Hall–Kier alpha value is -2.35. The van der Waals surface area contributed by atoms with Crippen molar-refractivity contribution in [2.45, 2.75) is 18.7 Å². The van der Waals surface area contributed by atoms with Crippen molar-refractivity contribution in [1.29, 1.82) is 0 Å². The largest absolute Gasteiger partial charge is 0.481 e. The molecule has 3 N–H and O–H groups in total. The first-order chi connectivity index (χ1) is 9.81. The summed E-state index contributed by atoms with van der Waals surface area (Å²) >= 11 is 0. The van der Waals surface area contributed by atoms with Gasteiger partial charge in [0, 0.05) is 17.4 Å². The van der Waals surface area contributed by atoms with Gasteiger partial charge in [0.1, 0.15) is 0 Å². The van der Waals surface area contributed by atoms with E-state index in [1.165, 1.54) is 19.2 Å². The molecule has 0 unspecified atom stereocenters. The lowest BCUT2D eigenvalue weighted by molar-refractivity contribution is 0.397. The third kappa shape index (κ3) is 3.40. The van der Waals surface area contributed by atoms with Crippen molar-refractivity contribution < 1.29 is 13.2 Å². The predicted octanol–water partition coefficient (Wildman–Crippen LogP) is 1.49. The SMILES string of the molecule is COc1cc(C)nc(NS(=O)(=O)c2ccc(C)c(N)c2)n1. The smallest absolute Gasteiger partial charge is 0.264 e. The number of methoxy groups -OCH3 is 1. The van der Waals surface area contributed by atoms with Crippen LogP contribution < -0.4 is 15.2 Å². The number of rotatable bonds is 4. The van der Waals surface area contributed by atoms with Crippen molar-refractivity contribution in [3.8, 4) is 5.88 Å². The van der Waals surface area contributed by atoms with Gasteiger partial charge in [-0.1, -0.05) is 6.07 Å². The molecule has 0 amide bonds. The first kappa shape index (κ1) is 15.0. The number of aromatic nitrogens is 2. The van der Waals surface area contributed by atoms with Gasteiger partial charge in [0.2, 0.25) is 11.8 Å². The highest BCUT2D eigenvalue weighted by Crippen LogP contribution is 2.20. The molecule has 0 radical (unpaired) electrons. The standard InChI is InChI=1S/C13H16N4O3S/c1-8-4-5-10(7-11(8)14)21(18,19)17-13-15-9(2)6-12(16-13)20-3/h4-7H,14H2,1-3H3,(H,15,16,17). The average molecular weight is 308 g/mol.